The van der Waals surface area contributed by atoms with E-state index in [2.05, 4.69) is 109 Å². The van der Waals surface area contributed by atoms with E-state index in [0.29, 0.717) is 5.56 Å². The second kappa shape index (κ2) is 12.3. The minimum absolute atomic E-state index is 0.616. The second-order valence-corrected chi connectivity index (χ2v) is 15.5. The fourth-order valence-electron chi connectivity index (χ4n) is 9.33. The molecule has 278 valence electrons. The fourth-order valence-corrected chi connectivity index (χ4v) is 9.33. The highest BCUT2D eigenvalue weighted by atomic mass is 16.4. The van der Waals surface area contributed by atoms with Gasteiger partial charge in [-0.2, -0.15) is 5.26 Å². The largest absolute Gasteiger partial charge is 0.455 e. The van der Waals surface area contributed by atoms with E-state index >= 15 is 0 Å². The van der Waals surface area contributed by atoms with Crippen molar-refractivity contribution < 1.29 is 17.7 Å². The molecule has 0 aliphatic heterocycles. The molecule has 13 rings (SSSR count). The average Bonchev–Trinajstić information content (AvgIpc) is 4.07. The van der Waals surface area contributed by atoms with E-state index in [1.54, 1.807) is 0 Å². The highest BCUT2D eigenvalue weighted by Gasteiger charge is 2.25. The standard InChI is InChI=1S/C55H29NO4/c56-30-31-11-9-12-32(23-31)33-13-10-14-34(24-33)35-25-36(50-52-42(38-15-1-5-19-46(38)57-52)28-43-39-16-2-6-20-47(39)58-53(43)50)27-37(26-35)51-54-44(40-17-3-7-21-48(40)59-54)29-45-41-18-4-8-22-49(41)60-55(45)51/h1-29H. The third-order valence-corrected chi connectivity index (χ3v) is 12.1. The molecule has 0 radical (unpaired) electrons. The van der Waals surface area contributed by atoms with Crippen LogP contribution >= 0.6 is 0 Å². The number of hydrogen-bond donors (Lipinski definition) is 0. The Balaban J connectivity index is 1.18. The van der Waals surface area contributed by atoms with E-state index in [1.165, 1.54) is 0 Å². The lowest BCUT2D eigenvalue weighted by atomic mass is 9.89. The molecule has 0 N–H and O–H groups in total. The normalized spacial score (nSPS) is 12.0. The summed E-state index contributed by atoms with van der Waals surface area (Å²) >= 11 is 0. The van der Waals surface area contributed by atoms with E-state index in [-0.39, 0.29) is 0 Å². The molecule has 0 saturated heterocycles. The maximum Gasteiger partial charge on any atom is 0.147 e. The summed E-state index contributed by atoms with van der Waals surface area (Å²) < 4.78 is 27.3. The summed E-state index contributed by atoms with van der Waals surface area (Å²) in [6.45, 7) is 0. The summed E-state index contributed by atoms with van der Waals surface area (Å²) in [6, 6.07) is 62.5. The fraction of sp³-hybridized carbons (Fsp3) is 0. The molecule has 5 nitrogen and oxygen atoms in total. The van der Waals surface area contributed by atoms with Crippen molar-refractivity contribution in [1.29, 1.82) is 5.26 Å². The predicted molar refractivity (Wildman–Crippen MR) is 242 cm³/mol. The molecular weight excluding hydrogens is 739 g/mol. The third-order valence-electron chi connectivity index (χ3n) is 12.1. The number of benzene rings is 9. The molecule has 0 bridgehead atoms. The van der Waals surface area contributed by atoms with Gasteiger partial charge in [0, 0.05) is 43.1 Å². The van der Waals surface area contributed by atoms with E-state index in [0.717, 1.165) is 132 Å². The first-order valence-electron chi connectivity index (χ1n) is 19.9. The number of para-hydroxylation sites is 4. The lowest BCUT2D eigenvalue weighted by Gasteiger charge is -2.14. The van der Waals surface area contributed by atoms with Crippen molar-refractivity contribution in [3.8, 4) is 50.6 Å². The van der Waals surface area contributed by atoms with Crippen molar-refractivity contribution >= 4 is 87.8 Å². The lowest BCUT2D eigenvalue weighted by molar-refractivity contribution is 0.657. The SMILES string of the molecule is N#Cc1cccc(-c2cccc(-c3cc(-c4c5oc6ccccc6c5cc5c4oc4ccccc45)cc(-c4c5oc6ccccc6c5cc5c4oc4ccccc45)c3)c2)c1. The maximum absolute atomic E-state index is 9.72. The van der Waals surface area contributed by atoms with Crippen molar-refractivity contribution in [1.82, 2.24) is 0 Å². The summed E-state index contributed by atoms with van der Waals surface area (Å²) in [5, 5.41) is 18.0. The zero-order valence-electron chi connectivity index (χ0n) is 31.8. The van der Waals surface area contributed by atoms with E-state index < -0.39 is 0 Å². The Bertz CT molecular complexity index is 3590. The predicted octanol–water partition coefficient (Wildman–Crippen LogP) is 15.8. The number of fused-ring (bicyclic) bond motifs is 12. The van der Waals surface area contributed by atoms with Gasteiger partial charge in [0.2, 0.25) is 0 Å². The van der Waals surface area contributed by atoms with Crippen molar-refractivity contribution in [2.24, 2.45) is 0 Å². The van der Waals surface area contributed by atoms with Crippen LogP contribution in [0.3, 0.4) is 0 Å². The van der Waals surface area contributed by atoms with Gasteiger partial charge in [-0.3, -0.25) is 0 Å². The minimum atomic E-state index is 0.616. The molecule has 4 heterocycles. The van der Waals surface area contributed by atoms with Crippen molar-refractivity contribution in [2.45, 2.75) is 0 Å². The number of hydrogen-bond acceptors (Lipinski definition) is 5. The molecular formula is C55H29NO4. The van der Waals surface area contributed by atoms with Gasteiger partial charge in [-0.05, 0) is 106 Å². The first-order chi connectivity index (χ1) is 29.7. The summed E-state index contributed by atoms with van der Waals surface area (Å²) in [7, 11) is 0. The number of furan rings is 4. The molecule has 13 aromatic rings. The van der Waals surface area contributed by atoms with Crippen LogP contribution in [0.25, 0.3) is 132 Å². The van der Waals surface area contributed by atoms with E-state index in [4.69, 9.17) is 17.7 Å². The first kappa shape index (κ1) is 32.7. The van der Waals surface area contributed by atoms with Gasteiger partial charge in [0.05, 0.1) is 22.8 Å². The van der Waals surface area contributed by atoms with Gasteiger partial charge in [-0.1, -0.05) is 103 Å². The molecule has 0 amide bonds. The van der Waals surface area contributed by atoms with Gasteiger partial charge < -0.3 is 17.7 Å². The van der Waals surface area contributed by atoms with Crippen molar-refractivity contribution in [3.05, 3.63) is 181 Å². The zero-order chi connectivity index (χ0) is 39.5. The van der Waals surface area contributed by atoms with Crippen LogP contribution in [0.5, 0.6) is 0 Å². The third kappa shape index (κ3) is 4.73. The second-order valence-electron chi connectivity index (χ2n) is 15.5. The smallest absolute Gasteiger partial charge is 0.147 e. The van der Waals surface area contributed by atoms with E-state index in [1.807, 2.05) is 72.8 Å². The van der Waals surface area contributed by atoms with Crippen LogP contribution in [0.15, 0.2) is 194 Å². The summed E-state index contributed by atoms with van der Waals surface area (Å²) in [6.07, 6.45) is 0. The summed E-state index contributed by atoms with van der Waals surface area (Å²) in [4.78, 5) is 0. The van der Waals surface area contributed by atoms with Gasteiger partial charge in [-0.25, -0.2) is 0 Å². The van der Waals surface area contributed by atoms with Crippen LogP contribution in [-0.2, 0) is 0 Å². The van der Waals surface area contributed by atoms with Crippen molar-refractivity contribution in [3.63, 3.8) is 0 Å². The topological polar surface area (TPSA) is 76.3 Å². The van der Waals surface area contributed by atoms with Gasteiger partial charge in [-0.15, -0.1) is 0 Å². The van der Waals surface area contributed by atoms with E-state index in [9.17, 15) is 5.26 Å². The Labute approximate surface area is 341 Å². The molecule has 0 aliphatic carbocycles. The van der Waals surface area contributed by atoms with Gasteiger partial charge in [0.1, 0.15) is 44.7 Å². The van der Waals surface area contributed by atoms with Crippen LogP contribution < -0.4 is 0 Å². The number of rotatable bonds is 4. The van der Waals surface area contributed by atoms with Crippen LogP contribution in [0.2, 0.25) is 0 Å². The first-order valence-corrected chi connectivity index (χ1v) is 19.9. The molecule has 60 heavy (non-hydrogen) atoms. The maximum atomic E-state index is 9.72. The van der Waals surface area contributed by atoms with Gasteiger partial charge in [0.15, 0.2) is 0 Å². The Morgan fingerprint density at radius 1 is 0.283 bits per heavy atom. The van der Waals surface area contributed by atoms with Gasteiger partial charge >= 0.3 is 0 Å². The molecule has 0 fully saturated rings. The lowest BCUT2D eigenvalue weighted by Crippen LogP contribution is -1.89. The number of nitriles is 1. The molecule has 0 aliphatic rings. The molecule has 0 spiro atoms. The average molecular weight is 768 g/mol. The Hall–Kier alpha value is -8.33. The van der Waals surface area contributed by atoms with Crippen LogP contribution in [0.1, 0.15) is 5.56 Å². The molecule has 0 unspecified atom stereocenters. The highest BCUT2D eigenvalue weighted by Crippen LogP contribution is 2.49. The molecule has 9 aromatic carbocycles. The Morgan fingerprint density at radius 3 is 1.03 bits per heavy atom. The Kier molecular flexibility index (Phi) is 6.73. The molecule has 0 atom stereocenters. The monoisotopic (exact) mass is 767 g/mol. The van der Waals surface area contributed by atoms with Gasteiger partial charge in [0.25, 0.3) is 0 Å². The molecule has 5 heteroatoms. The zero-order valence-corrected chi connectivity index (χ0v) is 31.8. The number of nitrogens with zero attached hydrogens (tertiary/aromatic N) is 1. The Morgan fingerprint density at radius 2 is 0.617 bits per heavy atom. The molecule has 4 aromatic heterocycles. The highest BCUT2D eigenvalue weighted by molar-refractivity contribution is 6.24. The van der Waals surface area contributed by atoms with Crippen molar-refractivity contribution in [2.75, 3.05) is 0 Å². The summed E-state index contributed by atoms with van der Waals surface area (Å²) in [5.74, 6) is 0. The minimum Gasteiger partial charge on any atom is -0.455 e. The van der Waals surface area contributed by atoms with Crippen LogP contribution in [0.4, 0.5) is 0 Å². The quantitative estimate of drug-likeness (QED) is 0.178. The van der Waals surface area contributed by atoms with Crippen LogP contribution in [0, 0.1) is 11.3 Å². The van der Waals surface area contributed by atoms with Crippen LogP contribution in [-0.4, -0.2) is 0 Å². The molecule has 0 saturated carbocycles. The summed E-state index contributed by atoms with van der Waals surface area (Å²) in [5.41, 5.74) is 14.4.